The lowest BCUT2D eigenvalue weighted by Crippen LogP contribution is -2.17. The molecule has 88 valence electrons. The van der Waals surface area contributed by atoms with E-state index in [4.69, 9.17) is 0 Å². The van der Waals surface area contributed by atoms with Crippen LogP contribution in [0, 0.1) is 5.41 Å². The molecule has 3 heteroatoms. The van der Waals surface area contributed by atoms with Crippen molar-refractivity contribution < 1.29 is 0 Å². The first-order chi connectivity index (χ1) is 7.46. The third-order valence-electron chi connectivity index (χ3n) is 3.26. The van der Waals surface area contributed by atoms with Crippen LogP contribution in [0.2, 0.25) is 0 Å². The van der Waals surface area contributed by atoms with Crippen LogP contribution in [0.3, 0.4) is 0 Å². The minimum absolute atomic E-state index is 0.496. The van der Waals surface area contributed by atoms with Crippen LogP contribution in [0.4, 0.5) is 5.69 Å². The van der Waals surface area contributed by atoms with E-state index in [0.29, 0.717) is 11.5 Å². The van der Waals surface area contributed by atoms with Crippen LogP contribution in [0.5, 0.6) is 0 Å². The zero-order valence-corrected chi connectivity index (χ0v) is 12.9. The van der Waals surface area contributed by atoms with E-state index in [2.05, 4.69) is 63.2 Å². The molecule has 1 aromatic carbocycles. The van der Waals surface area contributed by atoms with Gasteiger partial charge in [0.05, 0.1) is 0 Å². The van der Waals surface area contributed by atoms with E-state index in [1.807, 2.05) is 6.07 Å². The maximum atomic E-state index is 3.63. The molecule has 0 amide bonds. The number of nitrogens with one attached hydrogen (secondary N) is 1. The van der Waals surface area contributed by atoms with Gasteiger partial charge in [0.2, 0.25) is 0 Å². The smallest absolute Gasteiger partial charge is 0.0498 e. The molecule has 0 aromatic heterocycles. The molecule has 16 heavy (non-hydrogen) atoms. The Bertz CT molecular complexity index is 388. The lowest BCUT2D eigenvalue weighted by Gasteiger charge is -2.19. The fourth-order valence-electron chi connectivity index (χ4n) is 2.39. The molecule has 1 N–H and O–H groups in total. The Morgan fingerprint density at radius 3 is 2.69 bits per heavy atom. The third kappa shape index (κ3) is 3.01. The zero-order chi connectivity index (χ0) is 11.8. The standard InChI is InChI=1S/C13H17Br2N/c1-13(2)6-5-10(8-13)16-12-7-9(14)3-4-11(12)15/h3-4,7,10,16H,5-6,8H2,1-2H3. The van der Waals surface area contributed by atoms with Gasteiger partial charge in [0, 0.05) is 20.7 Å². The van der Waals surface area contributed by atoms with E-state index in [0.717, 1.165) is 8.95 Å². The maximum Gasteiger partial charge on any atom is 0.0498 e. The summed E-state index contributed by atoms with van der Waals surface area (Å²) < 4.78 is 2.26. The van der Waals surface area contributed by atoms with E-state index < -0.39 is 0 Å². The Kier molecular flexibility index (Phi) is 3.65. The number of rotatable bonds is 2. The molecule has 0 bridgehead atoms. The molecular formula is C13H17Br2N. The van der Waals surface area contributed by atoms with Gasteiger partial charge in [-0.15, -0.1) is 0 Å². The van der Waals surface area contributed by atoms with E-state index in [9.17, 15) is 0 Å². The van der Waals surface area contributed by atoms with Crippen LogP contribution in [-0.2, 0) is 0 Å². The van der Waals surface area contributed by atoms with Crippen LogP contribution < -0.4 is 5.32 Å². The van der Waals surface area contributed by atoms with Gasteiger partial charge in [0.25, 0.3) is 0 Å². The zero-order valence-electron chi connectivity index (χ0n) is 9.69. The van der Waals surface area contributed by atoms with Crippen molar-refractivity contribution in [1.29, 1.82) is 0 Å². The van der Waals surface area contributed by atoms with Crippen molar-refractivity contribution in [2.24, 2.45) is 5.41 Å². The van der Waals surface area contributed by atoms with Crippen LogP contribution in [0.25, 0.3) is 0 Å². The monoisotopic (exact) mass is 345 g/mol. The first-order valence-corrected chi connectivity index (χ1v) is 7.26. The van der Waals surface area contributed by atoms with Gasteiger partial charge in [-0.25, -0.2) is 0 Å². The molecule has 1 atom stereocenters. The van der Waals surface area contributed by atoms with Crippen molar-refractivity contribution >= 4 is 37.5 Å². The second-order valence-electron chi connectivity index (χ2n) is 5.37. The van der Waals surface area contributed by atoms with Crippen LogP contribution >= 0.6 is 31.9 Å². The highest BCUT2D eigenvalue weighted by Gasteiger charge is 2.30. The molecular weight excluding hydrogens is 330 g/mol. The van der Waals surface area contributed by atoms with Crippen molar-refractivity contribution in [3.63, 3.8) is 0 Å². The van der Waals surface area contributed by atoms with Gasteiger partial charge in [0.15, 0.2) is 0 Å². The number of halogens is 2. The summed E-state index contributed by atoms with van der Waals surface area (Å²) in [6.07, 6.45) is 3.84. The normalized spacial score (nSPS) is 23.4. The van der Waals surface area contributed by atoms with Gasteiger partial charge < -0.3 is 5.32 Å². The Labute approximate surface area is 114 Å². The number of hydrogen-bond acceptors (Lipinski definition) is 1. The third-order valence-corrected chi connectivity index (χ3v) is 4.44. The average Bonchev–Trinajstić information content (AvgIpc) is 2.52. The maximum absolute atomic E-state index is 3.63. The van der Waals surface area contributed by atoms with E-state index in [1.165, 1.54) is 24.9 Å². The molecule has 2 rings (SSSR count). The molecule has 0 radical (unpaired) electrons. The summed E-state index contributed by atoms with van der Waals surface area (Å²) in [6, 6.07) is 6.87. The highest BCUT2D eigenvalue weighted by Crippen LogP contribution is 2.39. The molecule has 1 aliphatic rings. The van der Waals surface area contributed by atoms with Gasteiger partial charge in [-0.05, 0) is 58.8 Å². The molecule has 0 aliphatic heterocycles. The topological polar surface area (TPSA) is 12.0 Å². The van der Waals surface area contributed by atoms with Crippen LogP contribution in [0.1, 0.15) is 33.1 Å². The Morgan fingerprint density at radius 2 is 2.06 bits per heavy atom. The van der Waals surface area contributed by atoms with Gasteiger partial charge in [-0.2, -0.15) is 0 Å². The first-order valence-electron chi connectivity index (χ1n) is 5.68. The van der Waals surface area contributed by atoms with Crippen LogP contribution in [0.15, 0.2) is 27.1 Å². The second kappa shape index (κ2) is 4.69. The number of anilines is 1. The largest absolute Gasteiger partial charge is 0.381 e. The minimum atomic E-state index is 0.496. The highest BCUT2D eigenvalue weighted by atomic mass is 79.9. The molecule has 1 unspecified atom stereocenters. The van der Waals surface area contributed by atoms with Crippen molar-refractivity contribution in [3.8, 4) is 0 Å². The summed E-state index contributed by atoms with van der Waals surface area (Å²) in [5.41, 5.74) is 1.69. The summed E-state index contributed by atoms with van der Waals surface area (Å²) in [7, 11) is 0. The number of benzene rings is 1. The summed E-state index contributed by atoms with van der Waals surface area (Å²) in [4.78, 5) is 0. The fraction of sp³-hybridized carbons (Fsp3) is 0.538. The molecule has 1 aliphatic carbocycles. The van der Waals surface area contributed by atoms with Gasteiger partial charge in [-0.1, -0.05) is 29.8 Å². The average molecular weight is 347 g/mol. The van der Waals surface area contributed by atoms with Crippen molar-refractivity contribution in [3.05, 3.63) is 27.1 Å². The summed E-state index contributed by atoms with van der Waals surface area (Å²) in [5.74, 6) is 0. The summed E-state index contributed by atoms with van der Waals surface area (Å²) in [6.45, 7) is 4.70. The van der Waals surface area contributed by atoms with Crippen molar-refractivity contribution in [2.75, 3.05) is 5.32 Å². The molecule has 0 heterocycles. The summed E-state index contributed by atoms with van der Waals surface area (Å²) >= 11 is 7.09. The molecule has 0 saturated heterocycles. The summed E-state index contributed by atoms with van der Waals surface area (Å²) in [5, 5.41) is 3.63. The lowest BCUT2D eigenvalue weighted by atomic mass is 9.92. The van der Waals surface area contributed by atoms with Gasteiger partial charge in [0.1, 0.15) is 0 Å². The van der Waals surface area contributed by atoms with Gasteiger partial charge >= 0.3 is 0 Å². The fourth-order valence-corrected chi connectivity index (χ4v) is 3.11. The molecule has 0 spiro atoms. The van der Waals surface area contributed by atoms with E-state index in [1.54, 1.807) is 0 Å². The van der Waals surface area contributed by atoms with Gasteiger partial charge in [-0.3, -0.25) is 0 Å². The Balaban J connectivity index is 2.07. The Morgan fingerprint density at radius 1 is 1.31 bits per heavy atom. The predicted molar refractivity (Wildman–Crippen MR) is 76.9 cm³/mol. The van der Waals surface area contributed by atoms with Crippen molar-refractivity contribution in [2.45, 2.75) is 39.2 Å². The highest BCUT2D eigenvalue weighted by molar-refractivity contribution is 9.11. The molecule has 1 fully saturated rings. The minimum Gasteiger partial charge on any atom is -0.381 e. The van der Waals surface area contributed by atoms with E-state index >= 15 is 0 Å². The first kappa shape index (κ1) is 12.4. The molecule has 1 saturated carbocycles. The lowest BCUT2D eigenvalue weighted by molar-refractivity contribution is 0.378. The second-order valence-corrected chi connectivity index (χ2v) is 7.14. The van der Waals surface area contributed by atoms with Crippen LogP contribution in [-0.4, -0.2) is 6.04 Å². The van der Waals surface area contributed by atoms with E-state index in [-0.39, 0.29) is 0 Å². The Hall–Kier alpha value is -0.0200. The number of hydrogen-bond donors (Lipinski definition) is 1. The molecule has 1 aromatic rings. The SMILES string of the molecule is CC1(C)CCC(Nc2cc(Br)ccc2Br)C1. The molecule has 1 nitrogen and oxygen atoms in total. The predicted octanol–water partition coefficient (Wildman–Crippen LogP) is 5.20. The quantitative estimate of drug-likeness (QED) is 0.775. The van der Waals surface area contributed by atoms with Crippen molar-refractivity contribution in [1.82, 2.24) is 0 Å².